The number of nitrogens with zero attached hydrogens (tertiary/aromatic N) is 2. The van der Waals surface area contributed by atoms with Crippen molar-refractivity contribution in [2.45, 2.75) is 39.5 Å². The minimum absolute atomic E-state index is 0.0120. The second kappa shape index (κ2) is 11.1. The SMILES string of the molecule is COc1cc2c(ccc[n+]2-c2ccnc3cc(-c4cc(O)c(C(C)C)c(O)c4)ccc23)cc1-c1cc(O)c(C(C)C)c(O)c1. The molecular weight excluding hydrogens is 552 g/mol. The van der Waals surface area contributed by atoms with E-state index >= 15 is 0 Å². The smallest absolute Gasteiger partial charge is 0.222 e. The Morgan fingerprint density at radius 1 is 0.682 bits per heavy atom. The quantitative estimate of drug-likeness (QED) is 0.147. The van der Waals surface area contributed by atoms with Crippen LogP contribution in [-0.4, -0.2) is 32.5 Å². The average molecular weight is 588 g/mol. The van der Waals surface area contributed by atoms with E-state index in [1.165, 1.54) is 0 Å². The molecule has 0 unspecified atom stereocenters. The molecule has 6 rings (SSSR count). The summed E-state index contributed by atoms with van der Waals surface area (Å²) in [6.07, 6.45) is 3.75. The van der Waals surface area contributed by atoms with E-state index in [1.807, 2.05) is 82.4 Å². The Morgan fingerprint density at radius 3 is 1.89 bits per heavy atom. The van der Waals surface area contributed by atoms with Crippen LogP contribution < -0.4 is 9.30 Å². The number of ether oxygens (including phenoxy) is 1. The highest BCUT2D eigenvalue weighted by molar-refractivity contribution is 5.91. The number of phenols is 4. The predicted octanol–water partition coefficient (Wildman–Crippen LogP) is 8.08. The van der Waals surface area contributed by atoms with Crippen LogP contribution in [0.1, 0.15) is 50.7 Å². The summed E-state index contributed by atoms with van der Waals surface area (Å²) < 4.78 is 7.90. The van der Waals surface area contributed by atoms with Crippen molar-refractivity contribution in [2.24, 2.45) is 0 Å². The first kappa shape index (κ1) is 28.8. The topological polar surface area (TPSA) is 107 Å². The number of aromatic nitrogens is 2. The summed E-state index contributed by atoms with van der Waals surface area (Å²) in [6.45, 7) is 7.70. The van der Waals surface area contributed by atoms with Crippen LogP contribution >= 0.6 is 0 Å². The lowest BCUT2D eigenvalue weighted by Gasteiger charge is -2.15. The number of phenolic OH excluding ortho intramolecular Hbond substituents is 4. The Bertz CT molecular complexity index is 2020. The van der Waals surface area contributed by atoms with Gasteiger partial charge in [0.15, 0.2) is 6.20 Å². The highest BCUT2D eigenvalue weighted by Gasteiger charge is 2.22. The molecular formula is C37H35N2O5+. The van der Waals surface area contributed by atoms with Crippen molar-refractivity contribution >= 4 is 21.8 Å². The number of benzene rings is 4. The molecule has 7 heteroatoms. The Labute approximate surface area is 255 Å². The van der Waals surface area contributed by atoms with Crippen molar-refractivity contribution in [3.8, 4) is 56.7 Å². The van der Waals surface area contributed by atoms with Gasteiger partial charge in [-0.15, -0.1) is 0 Å². The molecule has 0 saturated heterocycles. The van der Waals surface area contributed by atoms with Crippen LogP contribution in [-0.2, 0) is 0 Å². The van der Waals surface area contributed by atoms with Gasteiger partial charge in [-0.1, -0.05) is 33.8 Å². The summed E-state index contributed by atoms with van der Waals surface area (Å²) in [5, 5.41) is 44.4. The van der Waals surface area contributed by atoms with Gasteiger partial charge in [-0.3, -0.25) is 4.98 Å². The fourth-order valence-corrected chi connectivity index (χ4v) is 6.12. The fourth-order valence-electron chi connectivity index (χ4n) is 6.12. The molecule has 6 aromatic rings. The monoisotopic (exact) mass is 587 g/mol. The van der Waals surface area contributed by atoms with Crippen LogP contribution in [0.2, 0.25) is 0 Å². The van der Waals surface area contributed by atoms with E-state index in [1.54, 1.807) is 37.6 Å². The number of methoxy groups -OCH3 is 1. The summed E-state index contributed by atoms with van der Waals surface area (Å²) in [6, 6.07) is 22.5. The predicted molar refractivity (Wildman–Crippen MR) is 173 cm³/mol. The molecule has 2 aromatic heterocycles. The summed E-state index contributed by atoms with van der Waals surface area (Å²) in [5.41, 5.74) is 6.55. The van der Waals surface area contributed by atoms with E-state index in [0.717, 1.165) is 38.6 Å². The lowest BCUT2D eigenvalue weighted by molar-refractivity contribution is -0.565. The van der Waals surface area contributed by atoms with Gasteiger partial charge in [0.1, 0.15) is 28.7 Å². The maximum absolute atomic E-state index is 10.7. The third-order valence-electron chi connectivity index (χ3n) is 8.17. The Morgan fingerprint density at radius 2 is 1.30 bits per heavy atom. The van der Waals surface area contributed by atoms with Gasteiger partial charge >= 0.3 is 0 Å². The van der Waals surface area contributed by atoms with Crippen LogP contribution in [0.15, 0.2) is 85.2 Å². The van der Waals surface area contributed by atoms with Crippen molar-refractivity contribution in [1.82, 2.24) is 4.98 Å². The van der Waals surface area contributed by atoms with Crippen molar-refractivity contribution in [3.05, 3.63) is 96.3 Å². The molecule has 7 nitrogen and oxygen atoms in total. The summed E-state index contributed by atoms with van der Waals surface area (Å²) in [7, 11) is 1.60. The van der Waals surface area contributed by atoms with E-state index in [9.17, 15) is 20.4 Å². The van der Waals surface area contributed by atoms with E-state index in [2.05, 4.69) is 9.55 Å². The van der Waals surface area contributed by atoms with Gasteiger partial charge in [0.05, 0.1) is 24.1 Å². The molecule has 0 saturated carbocycles. The van der Waals surface area contributed by atoms with E-state index in [4.69, 9.17) is 4.74 Å². The maximum Gasteiger partial charge on any atom is 0.222 e. The van der Waals surface area contributed by atoms with Crippen molar-refractivity contribution in [3.63, 3.8) is 0 Å². The molecule has 4 N–H and O–H groups in total. The first-order valence-corrected chi connectivity index (χ1v) is 14.6. The van der Waals surface area contributed by atoms with Crippen LogP contribution in [0, 0.1) is 0 Å². The van der Waals surface area contributed by atoms with Crippen LogP contribution in [0.3, 0.4) is 0 Å². The van der Waals surface area contributed by atoms with Crippen molar-refractivity contribution in [2.75, 3.05) is 7.11 Å². The lowest BCUT2D eigenvalue weighted by Crippen LogP contribution is -2.31. The molecule has 0 fully saturated rings. The average Bonchev–Trinajstić information content (AvgIpc) is 2.98. The highest BCUT2D eigenvalue weighted by Crippen LogP contribution is 2.42. The molecule has 222 valence electrons. The van der Waals surface area contributed by atoms with Gasteiger partial charge in [-0.05, 0) is 77.1 Å². The molecule has 0 amide bonds. The van der Waals surface area contributed by atoms with E-state index < -0.39 is 0 Å². The van der Waals surface area contributed by atoms with Gasteiger partial charge in [0.25, 0.3) is 0 Å². The maximum atomic E-state index is 10.7. The minimum Gasteiger partial charge on any atom is -0.507 e. The standard InChI is InChI=1S/C37H34N2O5/c1-20(2)36-31(40)15-24(16-32(36)41)22-8-9-26-28(14-22)38-11-10-29(26)39-12-6-7-23-13-27(35(44-5)19-30(23)39)25-17-33(42)37(21(3)4)34(43)18-25/h6-21H,1-5H3,(H3-,40,41,42,43)/p+1. The zero-order chi connectivity index (χ0) is 31.3. The minimum atomic E-state index is -0.0301. The Hall–Kier alpha value is -5.30. The molecule has 0 radical (unpaired) electrons. The van der Waals surface area contributed by atoms with Crippen LogP contribution in [0.25, 0.3) is 49.7 Å². The third-order valence-corrected chi connectivity index (χ3v) is 8.17. The number of rotatable bonds is 6. The number of fused-ring (bicyclic) bond motifs is 2. The fraction of sp³-hybridized carbons (Fsp3) is 0.189. The largest absolute Gasteiger partial charge is 0.507 e. The lowest BCUT2D eigenvalue weighted by atomic mass is 9.95. The van der Waals surface area contributed by atoms with Gasteiger partial charge in [0.2, 0.25) is 11.2 Å². The molecule has 0 aliphatic rings. The van der Waals surface area contributed by atoms with Crippen LogP contribution in [0.5, 0.6) is 28.7 Å². The Balaban J connectivity index is 1.48. The van der Waals surface area contributed by atoms with Gasteiger partial charge in [-0.2, -0.15) is 4.57 Å². The van der Waals surface area contributed by atoms with Crippen molar-refractivity contribution < 1.29 is 29.7 Å². The molecule has 0 aliphatic carbocycles. The summed E-state index contributed by atoms with van der Waals surface area (Å²) in [4.78, 5) is 4.64. The number of aromatic hydroxyl groups is 4. The first-order chi connectivity index (χ1) is 21.1. The third kappa shape index (κ3) is 4.90. The highest BCUT2D eigenvalue weighted by atomic mass is 16.5. The number of hydrogen-bond donors (Lipinski definition) is 4. The summed E-state index contributed by atoms with van der Waals surface area (Å²) in [5.74, 6) is 0.780. The second-order valence-electron chi connectivity index (χ2n) is 11.7. The van der Waals surface area contributed by atoms with E-state index in [-0.39, 0.29) is 34.8 Å². The molecule has 2 heterocycles. The number of hydrogen-bond acceptors (Lipinski definition) is 6. The molecule has 0 atom stereocenters. The molecule has 0 aliphatic heterocycles. The normalized spacial score (nSPS) is 11.6. The second-order valence-corrected chi connectivity index (χ2v) is 11.7. The zero-order valence-electron chi connectivity index (χ0n) is 25.3. The molecule has 44 heavy (non-hydrogen) atoms. The molecule has 0 bridgehead atoms. The van der Waals surface area contributed by atoms with Gasteiger partial charge in [-0.25, -0.2) is 0 Å². The Kier molecular flexibility index (Phi) is 7.25. The van der Waals surface area contributed by atoms with E-state index in [0.29, 0.717) is 28.0 Å². The first-order valence-electron chi connectivity index (χ1n) is 14.6. The molecule has 4 aromatic carbocycles. The number of pyridine rings is 2. The van der Waals surface area contributed by atoms with Gasteiger partial charge in [0, 0.05) is 40.4 Å². The van der Waals surface area contributed by atoms with Crippen molar-refractivity contribution in [1.29, 1.82) is 0 Å². The summed E-state index contributed by atoms with van der Waals surface area (Å²) >= 11 is 0. The van der Waals surface area contributed by atoms with Crippen LogP contribution in [0.4, 0.5) is 0 Å². The molecule has 0 spiro atoms. The van der Waals surface area contributed by atoms with Gasteiger partial charge < -0.3 is 25.2 Å². The zero-order valence-corrected chi connectivity index (χ0v) is 25.3.